The molecular formula is C15H18N4O. The summed E-state index contributed by atoms with van der Waals surface area (Å²) >= 11 is 0. The molecule has 0 aliphatic rings. The summed E-state index contributed by atoms with van der Waals surface area (Å²) < 4.78 is 0. The van der Waals surface area contributed by atoms with Crippen molar-refractivity contribution in [2.75, 3.05) is 18.4 Å². The number of nitrogens with zero attached hydrogens (tertiary/aromatic N) is 2. The quantitative estimate of drug-likeness (QED) is 0.815. The fourth-order valence-electron chi connectivity index (χ4n) is 1.83. The Morgan fingerprint density at radius 1 is 1.20 bits per heavy atom. The van der Waals surface area contributed by atoms with Crippen LogP contribution in [0.4, 0.5) is 5.82 Å². The molecule has 0 fully saturated rings. The molecule has 0 bridgehead atoms. The molecule has 0 aliphatic carbocycles. The minimum Gasteiger partial charge on any atom is -0.367 e. The van der Waals surface area contributed by atoms with E-state index in [1.165, 1.54) is 0 Å². The third-order valence-corrected chi connectivity index (χ3v) is 2.92. The molecule has 5 nitrogen and oxygen atoms in total. The van der Waals surface area contributed by atoms with Crippen LogP contribution in [0.15, 0.2) is 36.8 Å². The first-order chi connectivity index (χ1) is 9.66. The van der Waals surface area contributed by atoms with Crippen molar-refractivity contribution in [3.8, 4) is 0 Å². The van der Waals surface area contributed by atoms with Gasteiger partial charge in [0.15, 0.2) is 0 Å². The summed E-state index contributed by atoms with van der Waals surface area (Å²) in [7, 11) is 0. The van der Waals surface area contributed by atoms with Gasteiger partial charge >= 0.3 is 0 Å². The van der Waals surface area contributed by atoms with Crippen LogP contribution >= 0.6 is 0 Å². The van der Waals surface area contributed by atoms with Gasteiger partial charge in [-0.15, -0.1) is 0 Å². The molecule has 0 spiro atoms. The molecule has 2 rings (SSSR count). The first-order valence-corrected chi connectivity index (χ1v) is 6.52. The van der Waals surface area contributed by atoms with Crippen LogP contribution in [-0.4, -0.2) is 29.0 Å². The molecule has 1 heterocycles. The first-order valence-electron chi connectivity index (χ1n) is 6.52. The largest absolute Gasteiger partial charge is 0.367 e. The van der Waals surface area contributed by atoms with E-state index >= 15 is 0 Å². The Hall–Kier alpha value is -2.43. The molecule has 1 aromatic carbocycles. The molecule has 104 valence electrons. The highest BCUT2D eigenvalue weighted by molar-refractivity contribution is 5.95. The van der Waals surface area contributed by atoms with E-state index in [9.17, 15) is 4.79 Å². The van der Waals surface area contributed by atoms with E-state index < -0.39 is 0 Å². The van der Waals surface area contributed by atoms with E-state index in [1.807, 2.05) is 32.0 Å². The van der Waals surface area contributed by atoms with Crippen molar-refractivity contribution >= 4 is 11.7 Å². The Morgan fingerprint density at radius 3 is 2.80 bits per heavy atom. The highest BCUT2D eigenvalue weighted by atomic mass is 16.1. The van der Waals surface area contributed by atoms with Crippen molar-refractivity contribution in [1.29, 1.82) is 0 Å². The zero-order valence-corrected chi connectivity index (χ0v) is 11.7. The van der Waals surface area contributed by atoms with E-state index in [-0.39, 0.29) is 5.91 Å². The van der Waals surface area contributed by atoms with E-state index in [0.29, 0.717) is 18.9 Å². The van der Waals surface area contributed by atoms with E-state index in [0.717, 1.165) is 16.7 Å². The average molecular weight is 270 g/mol. The predicted molar refractivity (Wildman–Crippen MR) is 78.8 cm³/mol. The second-order valence-corrected chi connectivity index (χ2v) is 4.59. The lowest BCUT2D eigenvalue weighted by Gasteiger charge is -2.09. The fourth-order valence-corrected chi connectivity index (χ4v) is 1.83. The van der Waals surface area contributed by atoms with Crippen LogP contribution in [0.5, 0.6) is 0 Å². The standard InChI is InChI=1S/C15H18N4O/c1-11-3-4-12(2)13(9-11)15(20)19-8-7-18-14-10-16-5-6-17-14/h3-6,9-10H,7-8H2,1-2H3,(H,17,18)(H,19,20). The number of benzene rings is 1. The SMILES string of the molecule is Cc1ccc(C)c(C(=O)NCCNc2cnccn2)c1. The van der Waals surface area contributed by atoms with Gasteiger partial charge in [-0.05, 0) is 25.5 Å². The number of rotatable bonds is 5. The van der Waals surface area contributed by atoms with Gasteiger partial charge in [-0.3, -0.25) is 9.78 Å². The van der Waals surface area contributed by atoms with Crippen molar-refractivity contribution in [2.45, 2.75) is 13.8 Å². The van der Waals surface area contributed by atoms with E-state index in [2.05, 4.69) is 20.6 Å². The van der Waals surface area contributed by atoms with Crippen LogP contribution in [0, 0.1) is 13.8 Å². The summed E-state index contributed by atoms with van der Waals surface area (Å²) in [4.78, 5) is 20.1. The summed E-state index contributed by atoms with van der Waals surface area (Å²) in [6.07, 6.45) is 4.89. The zero-order chi connectivity index (χ0) is 14.4. The molecule has 0 aliphatic heterocycles. The van der Waals surface area contributed by atoms with Gasteiger partial charge in [0, 0.05) is 31.0 Å². The summed E-state index contributed by atoms with van der Waals surface area (Å²) in [5, 5.41) is 5.98. The molecular weight excluding hydrogens is 252 g/mol. The van der Waals surface area contributed by atoms with Crippen molar-refractivity contribution in [3.05, 3.63) is 53.5 Å². The number of hydrogen-bond donors (Lipinski definition) is 2. The fraction of sp³-hybridized carbons (Fsp3) is 0.267. The van der Waals surface area contributed by atoms with Gasteiger partial charge in [-0.2, -0.15) is 0 Å². The maximum absolute atomic E-state index is 12.1. The lowest BCUT2D eigenvalue weighted by molar-refractivity contribution is 0.0954. The first kappa shape index (κ1) is 14.0. The molecule has 1 amide bonds. The zero-order valence-electron chi connectivity index (χ0n) is 11.7. The van der Waals surface area contributed by atoms with Gasteiger partial charge in [-0.1, -0.05) is 17.7 Å². The van der Waals surface area contributed by atoms with Gasteiger partial charge in [0.1, 0.15) is 5.82 Å². The van der Waals surface area contributed by atoms with Crippen molar-refractivity contribution in [1.82, 2.24) is 15.3 Å². The number of aryl methyl sites for hydroxylation is 2. The van der Waals surface area contributed by atoms with E-state index in [4.69, 9.17) is 0 Å². The molecule has 1 aromatic heterocycles. The molecule has 0 saturated heterocycles. The number of aromatic nitrogens is 2. The molecule has 2 N–H and O–H groups in total. The Balaban J connectivity index is 1.82. The third kappa shape index (κ3) is 3.78. The number of carbonyl (C=O) groups excluding carboxylic acids is 1. The Kier molecular flexibility index (Phi) is 4.65. The number of anilines is 1. The summed E-state index contributed by atoms with van der Waals surface area (Å²) in [5.41, 5.74) is 2.79. The van der Waals surface area contributed by atoms with Gasteiger partial charge in [0.2, 0.25) is 0 Å². The maximum atomic E-state index is 12.1. The van der Waals surface area contributed by atoms with Crippen LogP contribution in [-0.2, 0) is 0 Å². The number of carbonyl (C=O) groups is 1. The molecule has 20 heavy (non-hydrogen) atoms. The third-order valence-electron chi connectivity index (χ3n) is 2.92. The highest BCUT2D eigenvalue weighted by Crippen LogP contribution is 2.10. The van der Waals surface area contributed by atoms with Gasteiger partial charge in [0.25, 0.3) is 5.91 Å². The number of amides is 1. The van der Waals surface area contributed by atoms with Crippen LogP contribution in [0.3, 0.4) is 0 Å². The molecule has 5 heteroatoms. The van der Waals surface area contributed by atoms with Crippen LogP contribution in [0.25, 0.3) is 0 Å². The summed E-state index contributed by atoms with van der Waals surface area (Å²) in [6, 6.07) is 5.87. The second kappa shape index (κ2) is 6.65. The molecule has 2 aromatic rings. The minimum atomic E-state index is -0.0489. The van der Waals surface area contributed by atoms with E-state index in [1.54, 1.807) is 18.6 Å². The molecule has 0 saturated carbocycles. The van der Waals surface area contributed by atoms with Crippen molar-refractivity contribution < 1.29 is 4.79 Å². The van der Waals surface area contributed by atoms with Crippen molar-refractivity contribution in [2.24, 2.45) is 0 Å². The second-order valence-electron chi connectivity index (χ2n) is 4.59. The Morgan fingerprint density at radius 2 is 2.05 bits per heavy atom. The predicted octanol–water partition coefficient (Wildman–Crippen LogP) is 1.94. The average Bonchev–Trinajstić information content (AvgIpc) is 2.47. The maximum Gasteiger partial charge on any atom is 0.251 e. The number of hydrogen-bond acceptors (Lipinski definition) is 4. The van der Waals surface area contributed by atoms with Crippen molar-refractivity contribution in [3.63, 3.8) is 0 Å². The lowest BCUT2D eigenvalue weighted by atomic mass is 10.1. The minimum absolute atomic E-state index is 0.0489. The van der Waals surface area contributed by atoms with Gasteiger partial charge < -0.3 is 10.6 Å². The monoisotopic (exact) mass is 270 g/mol. The Labute approximate surface area is 118 Å². The summed E-state index contributed by atoms with van der Waals surface area (Å²) in [5.74, 6) is 0.653. The topological polar surface area (TPSA) is 66.9 Å². The summed E-state index contributed by atoms with van der Waals surface area (Å²) in [6.45, 7) is 5.05. The number of nitrogens with one attached hydrogen (secondary N) is 2. The van der Waals surface area contributed by atoms with Crippen LogP contribution in [0.1, 0.15) is 21.5 Å². The molecule has 0 atom stereocenters. The normalized spacial score (nSPS) is 10.1. The lowest BCUT2D eigenvalue weighted by Crippen LogP contribution is -2.29. The highest BCUT2D eigenvalue weighted by Gasteiger charge is 2.08. The van der Waals surface area contributed by atoms with Crippen LogP contribution in [0.2, 0.25) is 0 Å². The van der Waals surface area contributed by atoms with Gasteiger partial charge in [-0.25, -0.2) is 4.98 Å². The smallest absolute Gasteiger partial charge is 0.251 e. The van der Waals surface area contributed by atoms with Crippen LogP contribution < -0.4 is 10.6 Å². The molecule has 0 unspecified atom stereocenters. The van der Waals surface area contributed by atoms with Gasteiger partial charge in [0.05, 0.1) is 6.20 Å². The molecule has 0 radical (unpaired) electrons. The Bertz CT molecular complexity index is 584.